The Morgan fingerprint density at radius 3 is 2.73 bits per heavy atom. The Morgan fingerprint density at radius 2 is 2.07 bits per heavy atom. The minimum absolute atomic E-state index is 0.630. The summed E-state index contributed by atoms with van der Waals surface area (Å²) in [5, 5.41) is 0. The van der Waals surface area contributed by atoms with Gasteiger partial charge in [0.2, 0.25) is 0 Å². The minimum Gasteiger partial charge on any atom is -0.298 e. The molecule has 1 aromatic rings. The molecule has 1 aliphatic carbocycles. The lowest BCUT2D eigenvalue weighted by molar-refractivity contribution is 0.112. The molecule has 0 radical (unpaired) electrons. The van der Waals surface area contributed by atoms with E-state index < -0.39 is 0 Å². The van der Waals surface area contributed by atoms with Crippen molar-refractivity contribution in [1.82, 2.24) is 4.98 Å². The van der Waals surface area contributed by atoms with Gasteiger partial charge in [-0.3, -0.25) is 9.78 Å². The fraction of sp³-hybridized carbons (Fsp3) is 0.538. The Morgan fingerprint density at radius 1 is 1.33 bits per heavy atom. The number of aryl methyl sites for hydroxylation is 1. The van der Waals surface area contributed by atoms with Crippen molar-refractivity contribution in [3.63, 3.8) is 0 Å². The third-order valence-electron chi connectivity index (χ3n) is 3.35. The van der Waals surface area contributed by atoms with Gasteiger partial charge in [0.05, 0.1) is 0 Å². The van der Waals surface area contributed by atoms with Crippen molar-refractivity contribution >= 4 is 6.29 Å². The van der Waals surface area contributed by atoms with Crippen molar-refractivity contribution in [2.24, 2.45) is 0 Å². The average Bonchev–Trinajstić information content (AvgIpc) is 2.31. The van der Waals surface area contributed by atoms with Gasteiger partial charge in [0.15, 0.2) is 6.29 Å². The third kappa shape index (κ3) is 2.25. The van der Waals surface area contributed by atoms with Crippen LogP contribution < -0.4 is 0 Å². The Kier molecular flexibility index (Phi) is 3.14. The van der Waals surface area contributed by atoms with Gasteiger partial charge in [-0.05, 0) is 37.3 Å². The molecule has 0 unspecified atom stereocenters. The predicted octanol–water partition coefficient (Wildman–Crippen LogP) is 3.25. The summed E-state index contributed by atoms with van der Waals surface area (Å²) in [6.07, 6.45) is 9.35. The molecule has 1 saturated carbocycles. The van der Waals surface area contributed by atoms with Gasteiger partial charge in [-0.15, -0.1) is 0 Å². The fourth-order valence-corrected chi connectivity index (χ4v) is 2.35. The Bertz CT molecular complexity index is 354. The van der Waals surface area contributed by atoms with Crippen LogP contribution in [0.4, 0.5) is 0 Å². The minimum atomic E-state index is 0.630. The molecule has 1 fully saturated rings. The number of rotatable bonds is 2. The lowest BCUT2D eigenvalue weighted by Crippen LogP contribution is -2.06. The molecule has 0 atom stereocenters. The molecule has 2 rings (SSSR count). The Balaban J connectivity index is 2.23. The van der Waals surface area contributed by atoms with Gasteiger partial charge in [0, 0.05) is 17.5 Å². The highest BCUT2D eigenvalue weighted by atomic mass is 16.1. The molecule has 0 aliphatic heterocycles. The first-order valence-corrected chi connectivity index (χ1v) is 5.73. The topological polar surface area (TPSA) is 30.0 Å². The molecule has 0 spiro atoms. The first-order chi connectivity index (χ1) is 7.31. The van der Waals surface area contributed by atoms with Gasteiger partial charge < -0.3 is 0 Å². The molecule has 0 aromatic carbocycles. The second kappa shape index (κ2) is 4.56. The van der Waals surface area contributed by atoms with Crippen molar-refractivity contribution in [1.29, 1.82) is 0 Å². The molecule has 0 N–H and O–H groups in total. The van der Waals surface area contributed by atoms with E-state index in [9.17, 15) is 4.79 Å². The summed E-state index contributed by atoms with van der Waals surface area (Å²) < 4.78 is 0. The molecule has 0 amide bonds. The number of aromatic nitrogens is 1. The van der Waals surface area contributed by atoms with Crippen LogP contribution in [0.25, 0.3) is 0 Å². The van der Waals surface area contributed by atoms with E-state index in [1.807, 2.05) is 19.2 Å². The van der Waals surface area contributed by atoms with Crippen LogP contribution in [-0.2, 0) is 0 Å². The number of pyridine rings is 1. The first-order valence-electron chi connectivity index (χ1n) is 5.73. The highest BCUT2D eigenvalue weighted by Crippen LogP contribution is 2.32. The zero-order valence-electron chi connectivity index (χ0n) is 9.20. The smallest absolute Gasteiger partial charge is 0.151 e. The number of carbonyl (C=O) groups is 1. The van der Waals surface area contributed by atoms with Crippen LogP contribution in [-0.4, -0.2) is 11.3 Å². The molecular weight excluding hydrogens is 186 g/mol. The van der Waals surface area contributed by atoms with Crippen molar-refractivity contribution in [3.8, 4) is 0 Å². The molecule has 1 aromatic heterocycles. The molecule has 2 nitrogen and oxygen atoms in total. The fourth-order valence-electron chi connectivity index (χ4n) is 2.35. The quantitative estimate of drug-likeness (QED) is 0.690. The van der Waals surface area contributed by atoms with Gasteiger partial charge in [-0.1, -0.05) is 19.3 Å². The van der Waals surface area contributed by atoms with Gasteiger partial charge in [0.1, 0.15) is 0 Å². The van der Waals surface area contributed by atoms with Crippen molar-refractivity contribution in [3.05, 3.63) is 29.1 Å². The molecule has 0 saturated heterocycles. The summed E-state index contributed by atoms with van der Waals surface area (Å²) in [7, 11) is 0. The van der Waals surface area contributed by atoms with E-state index in [1.165, 1.54) is 37.7 Å². The van der Waals surface area contributed by atoms with Crippen LogP contribution in [0.1, 0.15) is 59.6 Å². The van der Waals surface area contributed by atoms with Crippen LogP contribution in [0.3, 0.4) is 0 Å². The van der Waals surface area contributed by atoms with E-state index in [-0.39, 0.29) is 0 Å². The summed E-state index contributed by atoms with van der Waals surface area (Å²) in [4.78, 5) is 15.1. The van der Waals surface area contributed by atoms with Crippen LogP contribution >= 0.6 is 0 Å². The largest absolute Gasteiger partial charge is 0.298 e. The van der Waals surface area contributed by atoms with E-state index in [1.54, 1.807) is 0 Å². The molecule has 2 heteroatoms. The SMILES string of the molecule is Cc1ncc(C2CCCCC2)cc1C=O. The summed E-state index contributed by atoms with van der Waals surface area (Å²) in [6, 6.07) is 2.02. The summed E-state index contributed by atoms with van der Waals surface area (Å²) in [5.74, 6) is 0.630. The van der Waals surface area contributed by atoms with E-state index in [0.29, 0.717) is 5.92 Å². The Hall–Kier alpha value is -1.18. The zero-order valence-corrected chi connectivity index (χ0v) is 9.20. The van der Waals surface area contributed by atoms with E-state index in [4.69, 9.17) is 0 Å². The molecule has 15 heavy (non-hydrogen) atoms. The van der Waals surface area contributed by atoms with Crippen LogP contribution in [0.2, 0.25) is 0 Å². The van der Waals surface area contributed by atoms with Crippen molar-refractivity contribution in [2.75, 3.05) is 0 Å². The number of hydrogen-bond donors (Lipinski definition) is 0. The van der Waals surface area contributed by atoms with Gasteiger partial charge in [0.25, 0.3) is 0 Å². The summed E-state index contributed by atoms with van der Waals surface area (Å²) >= 11 is 0. The average molecular weight is 203 g/mol. The lowest BCUT2D eigenvalue weighted by Gasteiger charge is -2.21. The number of nitrogens with zero attached hydrogens (tertiary/aromatic N) is 1. The molecule has 0 bridgehead atoms. The van der Waals surface area contributed by atoms with E-state index in [2.05, 4.69) is 4.98 Å². The number of aldehydes is 1. The predicted molar refractivity (Wildman–Crippen MR) is 60.2 cm³/mol. The third-order valence-corrected chi connectivity index (χ3v) is 3.35. The maximum atomic E-state index is 10.8. The zero-order chi connectivity index (χ0) is 10.7. The number of hydrogen-bond acceptors (Lipinski definition) is 2. The molecule has 80 valence electrons. The normalized spacial score (nSPS) is 17.7. The summed E-state index contributed by atoms with van der Waals surface area (Å²) in [6.45, 7) is 1.88. The molecule has 1 aliphatic rings. The van der Waals surface area contributed by atoms with Crippen molar-refractivity contribution < 1.29 is 4.79 Å². The van der Waals surface area contributed by atoms with Crippen LogP contribution in [0, 0.1) is 6.92 Å². The maximum Gasteiger partial charge on any atom is 0.151 e. The second-order valence-corrected chi connectivity index (χ2v) is 4.40. The summed E-state index contributed by atoms with van der Waals surface area (Å²) in [5.41, 5.74) is 2.84. The molecule has 1 heterocycles. The standard InChI is InChI=1S/C13H17NO/c1-10-13(9-15)7-12(8-14-10)11-5-3-2-4-6-11/h7-9,11H,2-6H2,1H3. The monoisotopic (exact) mass is 203 g/mol. The van der Waals surface area contributed by atoms with Gasteiger partial charge in [-0.25, -0.2) is 0 Å². The second-order valence-electron chi connectivity index (χ2n) is 4.40. The first kappa shape index (κ1) is 10.3. The number of carbonyl (C=O) groups excluding carboxylic acids is 1. The van der Waals surface area contributed by atoms with Crippen LogP contribution in [0.5, 0.6) is 0 Å². The maximum absolute atomic E-state index is 10.8. The Labute approximate surface area is 90.7 Å². The highest BCUT2D eigenvalue weighted by Gasteiger charge is 2.16. The van der Waals surface area contributed by atoms with Crippen LogP contribution in [0.15, 0.2) is 12.3 Å². The lowest BCUT2D eigenvalue weighted by atomic mass is 9.84. The molecular formula is C13H17NO. The van der Waals surface area contributed by atoms with Gasteiger partial charge in [-0.2, -0.15) is 0 Å². The van der Waals surface area contributed by atoms with Crippen molar-refractivity contribution in [2.45, 2.75) is 44.9 Å². The van der Waals surface area contributed by atoms with Gasteiger partial charge >= 0.3 is 0 Å². The van der Waals surface area contributed by atoms with E-state index in [0.717, 1.165) is 17.5 Å². The van der Waals surface area contributed by atoms with E-state index >= 15 is 0 Å². The highest BCUT2D eigenvalue weighted by molar-refractivity contribution is 5.76.